The first-order chi connectivity index (χ1) is 9.61. The van der Waals surface area contributed by atoms with Crippen LogP contribution in [-0.4, -0.2) is 32.9 Å². The lowest BCUT2D eigenvalue weighted by molar-refractivity contribution is -0.120. The van der Waals surface area contributed by atoms with Crippen LogP contribution in [0, 0.1) is 5.82 Å². The predicted molar refractivity (Wildman–Crippen MR) is 75.8 cm³/mol. The fourth-order valence-electron chi connectivity index (χ4n) is 1.60. The van der Waals surface area contributed by atoms with Gasteiger partial charge in [0.25, 0.3) is 0 Å². The van der Waals surface area contributed by atoms with E-state index in [1.54, 1.807) is 25.1 Å². The molecule has 0 fully saturated rings. The Balaban J connectivity index is 2.10. The van der Waals surface area contributed by atoms with Gasteiger partial charge in [0.15, 0.2) is 5.82 Å². The second kappa shape index (κ2) is 6.51. The number of benzene rings is 1. The summed E-state index contributed by atoms with van der Waals surface area (Å²) >= 11 is 1.23. The topological polar surface area (TPSA) is 70.7 Å². The zero-order valence-electron chi connectivity index (χ0n) is 11.2. The molecule has 1 amide bonds. The van der Waals surface area contributed by atoms with E-state index < -0.39 is 0 Å². The highest BCUT2D eigenvalue weighted by Crippen LogP contribution is 2.24. The molecule has 0 spiro atoms. The molecule has 5 nitrogen and oxygen atoms in total. The van der Waals surface area contributed by atoms with E-state index in [0.29, 0.717) is 23.1 Å². The molecule has 0 aliphatic heterocycles. The van der Waals surface area contributed by atoms with E-state index in [2.05, 4.69) is 20.5 Å². The first kappa shape index (κ1) is 14.5. The number of carbonyl (C=O) groups is 1. The van der Waals surface area contributed by atoms with Crippen molar-refractivity contribution in [3.05, 3.63) is 30.1 Å². The molecule has 106 valence electrons. The van der Waals surface area contributed by atoms with Gasteiger partial charge in [-0.2, -0.15) is 0 Å². The highest BCUT2D eigenvalue weighted by molar-refractivity contribution is 8.00. The second-order valence-electron chi connectivity index (χ2n) is 4.10. The van der Waals surface area contributed by atoms with Crippen molar-refractivity contribution in [2.24, 2.45) is 0 Å². The first-order valence-corrected chi connectivity index (χ1v) is 7.11. The average Bonchev–Trinajstić information content (AvgIpc) is 2.87. The number of aromatic nitrogens is 3. The Hall–Kier alpha value is -1.89. The van der Waals surface area contributed by atoms with Gasteiger partial charge in [-0.05, 0) is 26.0 Å². The Morgan fingerprint density at radius 2 is 2.25 bits per heavy atom. The number of nitrogens with zero attached hydrogens (tertiary/aromatic N) is 2. The van der Waals surface area contributed by atoms with Gasteiger partial charge in [0, 0.05) is 6.54 Å². The summed E-state index contributed by atoms with van der Waals surface area (Å²) in [6, 6.07) is 6.33. The molecule has 0 aliphatic rings. The van der Waals surface area contributed by atoms with Crippen molar-refractivity contribution >= 4 is 17.7 Å². The lowest BCUT2D eigenvalue weighted by Crippen LogP contribution is -2.30. The summed E-state index contributed by atoms with van der Waals surface area (Å²) < 4.78 is 13.6. The van der Waals surface area contributed by atoms with Crippen LogP contribution in [0.5, 0.6) is 0 Å². The minimum Gasteiger partial charge on any atom is -0.355 e. The maximum absolute atomic E-state index is 13.6. The largest absolute Gasteiger partial charge is 0.355 e. The van der Waals surface area contributed by atoms with Crippen LogP contribution in [0.15, 0.2) is 29.4 Å². The van der Waals surface area contributed by atoms with Crippen molar-refractivity contribution in [3.8, 4) is 11.4 Å². The van der Waals surface area contributed by atoms with Crippen molar-refractivity contribution in [1.29, 1.82) is 0 Å². The lowest BCUT2D eigenvalue weighted by Gasteiger charge is -2.07. The molecule has 0 unspecified atom stereocenters. The molecule has 0 saturated heterocycles. The van der Waals surface area contributed by atoms with Gasteiger partial charge >= 0.3 is 0 Å². The van der Waals surface area contributed by atoms with E-state index in [4.69, 9.17) is 0 Å². The Kier molecular flexibility index (Phi) is 4.73. The summed E-state index contributed by atoms with van der Waals surface area (Å²) in [5, 5.41) is 9.52. The minimum absolute atomic E-state index is 0.0743. The number of rotatable bonds is 5. The predicted octanol–water partition coefficient (Wildman–Crippen LogP) is 2.23. The minimum atomic E-state index is -0.364. The van der Waals surface area contributed by atoms with Gasteiger partial charge < -0.3 is 5.32 Å². The monoisotopic (exact) mass is 294 g/mol. The molecular formula is C13H15FN4OS. The molecule has 1 heterocycles. The van der Waals surface area contributed by atoms with Crippen LogP contribution < -0.4 is 5.32 Å². The van der Waals surface area contributed by atoms with Crippen LogP contribution in [0.25, 0.3) is 11.4 Å². The number of thioether (sulfide) groups is 1. The summed E-state index contributed by atoms with van der Waals surface area (Å²) in [4.78, 5) is 15.8. The van der Waals surface area contributed by atoms with Gasteiger partial charge in [0.05, 0.1) is 10.8 Å². The summed E-state index contributed by atoms with van der Waals surface area (Å²) in [6.07, 6.45) is 0. The second-order valence-corrected chi connectivity index (χ2v) is 5.41. The number of H-pyrrole nitrogens is 1. The van der Waals surface area contributed by atoms with Crippen LogP contribution in [0.3, 0.4) is 0 Å². The van der Waals surface area contributed by atoms with Gasteiger partial charge in [-0.25, -0.2) is 9.37 Å². The third kappa shape index (κ3) is 3.36. The molecule has 2 rings (SSSR count). The number of aromatic amines is 1. The molecule has 0 saturated carbocycles. The lowest BCUT2D eigenvalue weighted by atomic mass is 10.2. The highest BCUT2D eigenvalue weighted by Gasteiger charge is 2.17. The smallest absolute Gasteiger partial charge is 0.233 e. The van der Waals surface area contributed by atoms with Crippen LogP contribution in [0.4, 0.5) is 4.39 Å². The van der Waals surface area contributed by atoms with Crippen molar-refractivity contribution in [1.82, 2.24) is 20.5 Å². The van der Waals surface area contributed by atoms with E-state index in [0.717, 1.165) is 0 Å². The zero-order chi connectivity index (χ0) is 14.5. The van der Waals surface area contributed by atoms with E-state index >= 15 is 0 Å². The molecule has 2 N–H and O–H groups in total. The first-order valence-electron chi connectivity index (χ1n) is 6.23. The number of carbonyl (C=O) groups excluding carboxylic acids is 1. The molecule has 0 bridgehead atoms. The summed E-state index contributed by atoms with van der Waals surface area (Å²) in [7, 11) is 0. The number of hydrogen-bond donors (Lipinski definition) is 2. The Labute approximate surface area is 120 Å². The van der Waals surface area contributed by atoms with Gasteiger partial charge in [-0.3, -0.25) is 9.89 Å². The normalized spacial score (nSPS) is 12.2. The fourth-order valence-corrected chi connectivity index (χ4v) is 2.35. The molecule has 7 heteroatoms. The van der Waals surface area contributed by atoms with Crippen molar-refractivity contribution in [2.75, 3.05) is 6.54 Å². The van der Waals surface area contributed by atoms with E-state index in [1.807, 2.05) is 6.92 Å². The van der Waals surface area contributed by atoms with Crippen molar-refractivity contribution in [2.45, 2.75) is 24.3 Å². The quantitative estimate of drug-likeness (QED) is 0.830. The summed E-state index contributed by atoms with van der Waals surface area (Å²) in [6.45, 7) is 4.21. The van der Waals surface area contributed by atoms with Crippen LogP contribution in [0.2, 0.25) is 0 Å². The van der Waals surface area contributed by atoms with Gasteiger partial charge in [-0.15, -0.1) is 5.10 Å². The van der Waals surface area contributed by atoms with Gasteiger partial charge in [0.2, 0.25) is 11.1 Å². The molecule has 0 aliphatic carbocycles. The van der Waals surface area contributed by atoms with Crippen LogP contribution >= 0.6 is 11.8 Å². The standard InChI is InChI=1S/C13H15FN4OS/c1-3-15-12(19)8(2)20-13-16-11(17-18-13)9-6-4-5-7-10(9)14/h4-8H,3H2,1-2H3,(H,15,19)(H,16,17,18)/t8-/m1/s1. The van der Waals surface area contributed by atoms with Gasteiger partial charge in [0.1, 0.15) is 5.82 Å². The van der Waals surface area contributed by atoms with E-state index in [9.17, 15) is 9.18 Å². The molecule has 1 aromatic carbocycles. The molecule has 0 radical (unpaired) electrons. The Morgan fingerprint density at radius 1 is 1.50 bits per heavy atom. The molecular weight excluding hydrogens is 279 g/mol. The van der Waals surface area contributed by atoms with Crippen molar-refractivity contribution < 1.29 is 9.18 Å². The fraction of sp³-hybridized carbons (Fsp3) is 0.308. The SMILES string of the molecule is CCNC(=O)[C@@H](C)Sc1n[nH]c(-c2ccccc2F)n1. The molecule has 20 heavy (non-hydrogen) atoms. The van der Waals surface area contributed by atoms with E-state index in [1.165, 1.54) is 17.8 Å². The van der Waals surface area contributed by atoms with Gasteiger partial charge in [-0.1, -0.05) is 23.9 Å². The van der Waals surface area contributed by atoms with E-state index in [-0.39, 0.29) is 17.0 Å². The summed E-state index contributed by atoms with van der Waals surface area (Å²) in [5.74, 6) is -0.0829. The number of hydrogen-bond acceptors (Lipinski definition) is 4. The molecule has 2 aromatic rings. The number of halogens is 1. The van der Waals surface area contributed by atoms with Crippen molar-refractivity contribution in [3.63, 3.8) is 0 Å². The van der Waals surface area contributed by atoms with Crippen LogP contribution in [-0.2, 0) is 4.79 Å². The number of nitrogens with one attached hydrogen (secondary N) is 2. The average molecular weight is 294 g/mol. The highest BCUT2D eigenvalue weighted by atomic mass is 32.2. The summed E-state index contributed by atoms with van der Waals surface area (Å²) in [5.41, 5.74) is 0.359. The Bertz CT molecular complexity index is 602. The zero-order valence-corrected chi connectivity index (χ0v) is 12.0. The third-order valence-corrected chi connectivity index (χ3v) is 3.56. The maximum Gasteiger partial charge on any atom is 0.233 e. The molecule has 1 aromatic heterocycles. The van der Waals surface area contributed by atoms with Crippen LogP contribution in [0.1, 0.15) is 13.8 Å². The maximum atomic E-state index is 13.6. The number of amides is 1. The third-order valence-electron chi connectivity index (χ3n) is 2.60. The Morgan fingerprint density at radius 3 is 2.95 bits per heavy atom. The molecule has 1 atom stereocenters.